The van der Waals surface area contributed by atoms with E-state index in [-0.39, 0.29) is 0 Å². The summed E-state index contributed by atoms with van der Waals surface area (Å²) in [5, 5.41) is 0. The third kappa shape index (κ3) is 10.6. The first-order chi connectivity index (χ1) is 9.24. The largest absolute Gasteiger partial charge is 0.469 e. The summed E-state index contributed by atoms with van der Waals surface area (Å²) in [6, 6.07) is 0. The van der Waals surface area contributed by atoms with Gasteiger partial charge in [-0.3, -0.25) is 0 Å². The lowest BCUT2D eigenvalue weighted by molar-refractivity contribution is 0.171. The molecule has 0 N–H and O–H groups in total. The first-order valence-electron chi connectivity index (χ1n) is 7.03. The molecule has 0 aromatic carbocycles. The van der Waals surface area contributed by atoms with Crippen LogP contribution in [0.15, 0.2) is 0 Å². The summed E-state index contributed by atoms with van der Waals surface area (Å²) in [4.78, 5) is 0. The van der Waals surface area contributed by atoms with Gasteiger partial charge in [-0.15, -0.1) is 0 Å². The van der Waals surface area contributed by atoms with Crippen molar-refractivity contribution in [3.63, 3.8) is 0 Å². The maximum atomic E-state index is 6.16. The van der Waals surface area contributed by atoms with E-state index in [9.17, 15) is 0 Å². The lowest BCUT2D eigenvalue weighted by atomic mass is 11.8. The normalized spacial score (nSPS) is 24.0. The maximum Gasteiger partial charge on any atom is 0.469 e. The average Bonchev–Trinajstić information content (AvgIpc) is 2.08. The molecule has 0 aromatic rings. The standard InChI is InChI=1S/C8H24O4Si4.H8O2Si3/c1-13(2,3)9-16(8)11-14(4,5)10-15(6,7)12-16;3-1-5-2-4/h1-8H3;5H2,3-4H3. The van der Waals surface area contributed by atoms with Crippen LogP contribution in [-0.2, 0) is 24.7 Å². The number of rotatable bonds is 4. The number of hydrogen-bond donors (Lipinski definition) is 0. The molecule has 21 heavy (non-hydrogen) atoms. The van der Waals surface area contributed by atoms with Crippen molar-refractivity contribution in [3.8, 4) is 0 Å². The van der Waals surface area contributed by atoms with Crippen LogP contribution in [-0.4, -0.2) is 65.2 Å². The topological polar surface area (TPSA) is 55.4 Å². The summed E-state index contributed by atoms with van der Waals surface area (Å²) in [7, 11) is -6.98. The van der Waals surface area contributed by atoms with Crippen LogP contribution in [0.2, 0.25) is 52.4 Å². The van der Waals surface area contributed by atoms with Crippen LogP contribution in [0, 0.1) is 0 Å². The van der Waals surface area contributed by atoms with E-state index in [1.807, 2.05) is 6.55 Å². The second kappa shape index (κ2) is 8.40. The van der Waals surface area contributed by atoms with Crippen LogP contribution < -0.4 is 0 Å². The van der Waals surface area contributed by atoms with Crippen molar-refractivity contribution in [3.05, 3.63) is 0 Å². The van der Waals surface area contributed by atoms with Crippen molar-refractivity contribution in [1.29, 1.82) is 0 Å². The molecule has 0 radical (unpaired) electrons. The highest BCUT2D eigenvalue weighted by atomic mass is 28.5. The molecule has 0 amide bonds. The van der Waals surface area contributed by atoms with Gasteiger partial charge in [0.2, 0.25) is 0 Å². The van der Waals surface area contributed by atoms with Gasteiger partial charge in [0.1, 0.15) is 21.0 Å². The van der Waals surface area contributed by atoms with Crippen molar-refractivity contribution in [2.24, 2.45) is 0 Å². The Morgan fingerprint density at radius 2 is 1.19 bits per heavy atom. The Labute approximate surface area is 142 Å². The Morgan fingerprint density at radius 1 is 0.810 bits per heavy atom. The van der Waals surface area contributed by atoms with E-state index in [0.29, 0.717) is 0 Å². The van der Waals surface area contributed by atoms with Gasteiger partial charge in [0.15, 0.2) is 8.32 Å². The van der Waals surface area contributed by atoms with Crippen molar-refractivity contribution in [2.75, 3.05) is 0 Å². The van der Waals surface area contributed by atoms with E-state index in [4.69, 9.17) is 24.7 Å². The zero-order valence-corrected chi connectivity index (χ0v) is 24.6. The lowest BCUT2D eigenvalue weighted by Gasteiger charge is -2.48. The van der Waals surface area contributed by atoms with Gasteiger partial charge in [0, 0.05) is 6.55 Å². The molecule has 1 aliphatic rings. The molecule has 0 saturated carbocycles. The van der Waals surface area contributed by atoms with Crippen LogP contribution in [0.4, 0.5) is 0 Å². The Morgan fingerprint density at radius 3 is 1.43 bits per heavy atom. The van der Waals surface area contributed by atoms with E-state index < -0.39 is 44.3 Å². The third-order valence-electron chi connectivity index (χ3n) is 2.08. The first kappa shape index (κ1) is 22.3. The molecule has 0 atom stereocenters. The van der Waals surface area contributed by atoms with Gasteiger partial charge in [-0.25, -0.2) is 0 Å². The summed E-state index contributed by atoms with van der Waals surface area (Å²) in [5.74, 6) is 0. The van der Waals surface area contributed by atoms with Crippen molar-refractivity contribution in [1.82, 2.24) is 0 Å². The second-order valence-electron chi connectivity index (χ2n) is 6.88. The fourth-order valence-electron chi connectivity index (χ4n) is 2.26. The van der Waals surface area contributed by atoms with Gasteiger partial charge in [-0.2, -0.15) is 0 Å². The molecule has 1 heterocycles. The fourth-order valence-corrected chi connectivity index (χ4v) is 24.4. The van der Waals surface area contributed by atoms with Crippen LogP contribution in [0.3, 0.4) is 0 Å². The van der Waals surface area contributed by atoms with Crippen molar-refractivity contribution >= 4 is 65.2 Å². The Hall–Kier alpha value is 1.28. The van der Waals surface area contributed by atoms with Gasteiger partial charge in [-0.1, -0.05) is 0 Å². The summed E-state index contributed by atoms with van der Waals surface area (Å²) in [6.07, 6.45) is 0. The monoisotopic (exact) mass is 420 g/mol. The zero-order chi connectivity index (χ0) is 16.9. The van der Waals surface area contributed by atoms with Crippen LogP contribution >= 0.6 is 0 Å². The molecule has 0 spiro atoms. The van der Waals surface area contributed by atoms with E-state index >= 15 is 0 Å². The van der Waals surface area contributed by atoms with Crippen LogP contribution in [0.1, 0.15) is 0 Å². The van der Waals surface area contributed by atoms with E-state index in [1.54, 1.807) is 0 Å². The predicted octanol–water partition coefficient (Wildman–Crippen LogP) is -0.547. The number of hydrogen-bond acceptors (Lipinski definition) is 6. The van der Waals surface area contributed by atoms with Crippen LogP contribution in [0.5, 0.6) is 0 Å². The van der Waals surface area contributed by atoms with Crippen molar-refractivity contribution < 1.29 is 24.7 Å². The predicted molar refractivity (Wildman–Crippen MR) is 105 cm³/mol. The van der Waals surface area contributed by atoms with Gasteiger partial charge in [0.25, 0.3) is 10.0 Å². The molecule has 1 fully saturated rings. The molecule has 0 aliphatic carbocycles. The molecular formula is C8H32O6Si7. The van der Waals surface area contributed by atoms with E-state index in [1.165, 1.54) is 0 Å². The smallest absolute Gasteiger partial charge is 0.449 e. The summed E-state index contributed by atoms with van der Waals surface area (Å²) in [5.41, 5.74) is 0. The first-order valence-corrected chi connectivity index (χ1v) is 21.1. The maximum absolute atomic E-state index is 6.16. The molecule has 6 nitrogen and oxygen atoms in total. The van der Waals surface area contributed by atoms with Gasteiger partial charge in [-0.05, 0) is 45.8 Å². The quantitative estimate of drug-likeness (QED) is 0.569. The molecule has 128 valence electrons. The Bertz CT molecular complexity index is 297. The summed E-state index contributed by atoms with van der Waals surface area (Å²) < 4.78 is 33.8. The molecule has 0 bridgehead atoms. The zero-order valence-electron chi connectivity index (χ0n) is 15.2. The minimum atomic E-state index is -2.48. The molecule has 1 saturated heterocycles. The van der Waals surface area contributed by atoms with Crippen molar-refractivity contribution in [2.45, 2.75) is 52.4 Å². The lowest BCUT2D eigenvalue weighted by Crippen LogP contribution is -2.68. The van der Waals surface area contributed by atoms with E-state index in [2.05, 4.69) is 45.8 Å². The Balaban J connectivity index is 0.000000690. The minimum Gasteiger partial charge on any atom is -0.449 e. The van der Waals surface area contributed by atoms with Gasteiger partial charge >= 0.3 is 25.9 Å². The summed E-state index contributed by atoms with van der Waals surface area (Å²) in [6.45, 7) is 16.8. The van der Waals surface area contributed by atoms with E-state index in [0.717, 1.165) is 21.0 Å². The van der Waals surface area contributed by atoms with Gasteiger partial charge in [0.05, 0.1) is 0 Å². The highest BCUT2D eigenvalue weighted by Gasteiger charge is 2.55. The fraction of sp³-hybridized carbons (Fsp3) is 1.00. The Kier molecular flexibility index (Phi) is 8.91. The molecular weight excluding hydrogens is 389 g/mol. The third-order valence-corrected chi connectivity index (χ3v) is 18.7. The highest BCUT2D eigenvalue weighted by molar-refractivity contribution is 6.93. The average molecular weight is 421 g/mol. The SMILES string of the molecule is C[Si](C)(C)O[Si]1(C)O[Si](C)(C)O[Si](C)(C)O1.[SiH3]O[SiH2]O[SiH3]. The molecule has 1 aliphatic heterocycles. The second-order valence-corrected chi connectivity index (χ2v) is 26.5. The van der Waals surface area contributed by atoms with Crippen LogP contribution in [0.25, 0.3) is 0 Å². The highest BCUT2D eigenvalue weighted by Crippen LogP contribution is 2.32. The van der Waals surface area contributed by atoms with Gasteiger partial charge < -0.3 is 24.7 Å². The molecule has 0 aromatic heterocycles. The summed E-state index contributed by atoms with van der Waals surface area (Å²) >= 11 is 0. The molecule has 0 unspecified atom stereocenters. The molecule has 13 heteroatoms. The minimum absolute atomic E-state index is 0.444. The molecule has 1 rings (SSSR count).